The van der Waals surface area contributed by atoms with Crippen LogP contribution in [0.5, 0.6) is 0 Å². The molecular formula is C18H15F3N2O4. The first kappa shape index (κ1) is 17.9. The standard InChI is InChI=1S/C18H15F3N2O4/c1-16-6-11(24)17(2,27-16)13-12(16)14(25)23(15(13)26)9-4-3-8(7-22)10(5-9)18(19,20)21/h3-5,11-13,24H,6H2,1-2H3/t11-,12+,13?,16?,17?/m0/s1. The molecule has 3 aliphatic heterocycles. The summed E-state index contributed by atoms with van der Waals surface area (Å²) in [7, 11) is 0. The Labute approximate surface area is 152 Å². The molecule has 2 amide bonds. The van der Waals surface area contributed by atoms with Gasteiger partial charge in [0.2, 0.25) is 11.8 Å². The lowest BCUT2D eigenvalue weighted by Gasteiger charge is -2.31. The fraction of sp³-hybridized carbons (Fsp3) is 0.500. The van der Waals surface area contributed by atoms with Crippen LogP contribution in [0.15, 0.2) is 18.2 Å². The number of ether oxygens (including phenoxy) is 1. The Morgan fingerprint density at radius 2 is 1.89 bits per heavy atom. The minimum atomic E-state index is -4.81. The van der Waals surface area contributed by atoms with E-state index in [0.29, 0.717) is 6.07 Å². The van der Waals surface area contributed by atoms with E-state index in [2.05, 4.69) is 0 Å². The maximum atomic E-state index is 13.2. The topological polar surface area (TPSA) is 90.6 Å². The van der Waals surface area contributed by atoms with Crippen molar-refractivity contribution in [3.05, 3.63) is 29.3 Å². The number of amides is 2. The molecule has 6 nitrogen and oxygen atoms in total. The molecule has 0 saturated carbocycles. The number of nitriles is 1. The molecule has 1 aromatic rings. The van der Waals surface area contributed by atoms with Gasteiger partial charge in [-0.3, -0.25) is 9.59 Å². The van der Waals surface area contributed by atoms with Gasteiger partial charge in [-0.2, -0.15) is 18.4 Å². The Morgan fingerprint density at radius 3 is 2.48 bits per heavy atom. The van der Waals surface area contributed by atoms with Crippen LogP contribution in [0.1, 0.15) is 31.4 Å². The molecule has 1 aromatic carbocycles. The number of carbonyl (C=O) groups is 2. The summed E-state index contributed by atoms with van der Waals surface area (Å²) < 4.78 is 45.6. The van der Waals surface area contributed by atoms with Crippen LogP contribution in [-0.4, -0.2) is 34.2 Å². The van der Waals surface area contributed by atoms with Crippen LogP contribution in [-0.2, 0) is 20.5 Å². The first-order chi connectivity index (χ1) is 12.4. The lowest BCUT2D eigenvalue weighted by atomic mass is 9.67. The van der Waals surface area contributed by atoms with Gasteiger partial charge in [-0.25, -0.2) is 4.90 Å². The summed E-state index contributed by atoms with van der Waals surface area (Å²) in [5.41, 5.74) is -4.37. The molecule has 5 atom stereocenters. The molecule has 3 heterocycles. The second-order valence-corrected chi connectivity index (χ2v) is 7.63. The molecule has 142 valence electrons. The summed E-state index contributed by atoms with van der Waals surface area (Å²) in [5, 5.41) is 19.2. The highest BCUT2D eigenvalue weighted by Gasteiger charge is 2.75. The zero-order valence-corrected chi connectivity index (χ0v) is 14.4. The smallest absolute Gasteiger partial charge is 0.390 e. The molecule has 27 heavy (non-hydrogen) atoms. The molecule has 9 heteroatoms. The van der Waals surface area contributed by atoms with Crippen LogP contribution >= 0.6 is 0 Å². The van der Waals surface area contributed by atoms with E-state index in [1.165, 1.54) is 6.07 Å². The van der Waals surface area contributed by atoms with Gasteiger partial charge in [-0.15, -0.1) is 0 Å². The summed E-state index contributed by atoms with van der Waals surface area (Å²) in [6.45, 7) is 3.17. The number of imide groups is 1. The average Bonchev–Trinajstić information content (AvgIpc) is 3.07. The van der Waals surface area contributed by atoms with E-state index in [-0.39, 0.29) is 12.1 Å². The van der Waals surface area contributed by atoms with E-state index in [9.17, 15) is 27.9 Å². The minimum Gasteiger partial charge on any atom is -0.390 e. The normalized spacial score (nSPS) is 37.7. The van der Waals surface area contributed by atoms with E-state index >= 15 is 0 Å². The third-order valence-corrected chi connectivity index (χ3v) is 5.98. The van der Waals surface area contributed by atoms with Gasteiger partial charge >= 0.3 is 6.18 Å². The van der Waals surface area contributed by atoms with Crippen molar-refractivity contribution in [1.29, 1.82) is 5.26 Å². The maximum Gasteiger partial charge on any atom is 0.417 e. The zero-order chi connectivity index (χ0) is 19.9. The minimum absolute atomic E-state index is 0.165. The van der Waals surface area contributed by atoms with Crippen molar-refractivity contribution >= 4 is 17.5 Å². The monoisotopic (exact) mass is 380 g/mol. The summed E-state index contributed by atoms with van der Waals surface area (Å²) in [5.74, 6) is -3.19. The number of rotatable bonds is 1. The Bertz CT molecular complexity index is 924. The van der Waals surface area contributed by atoms with Crippen molar-refractivity contribution in [2.24, 2.45) is 11.8 Å². The molecule has 0 spiro atoms. The summed E-state index contributed by atoms with van der Waals surface area (Å²) in [4.78, 5) is 26.6. The van der Waals surface area contributed by atoms with Gasteiger partial charge in [-0.1, -0.05) is 0 Å². The number of halogens is 3. The van der Waals surface area contributed by atoms with Crippen molar-refractivity contribution in [2.75, 3.05) is 4.90 Å². The third-order valence-electron chi connectivity index (χ3n) is 5.98. The lowest BCUT2D eigenvalue weighted by Crippen LogP contribution is -2.49. The van der Waals surface area contributed by atoms with Gasteiger partial charge in [0.1, 0.15) is 5.60 Å². The van der Waals surface area contributed by atoms with Crippen molar-refractivity contribution in [3.8, 4) is 6.07 Å². The summed E-state index contributed by atoms with van der Waals surface area (Å²) in [6.07, 6.45) is -5.59. The van der Waals surface area contributed by atoms with Crippen LogP contribution in [0.2, 0.25) is 0 Å². The van der Waals surface area contributed by atoms with Gasteiger partial charge in [0, 0.05) is 6.42 Å². The van der Waals surface area contributed by atoms with E-state index in [1.807, 2.05) is 0 Å². The first-order valence-corrected chi connectivity index (χ1v) is 8.31. The number of nitrogens with zero attached hydrogens (tertiary/aromatic N) is 2. The van der Waals surface area contributed by atoms with Crippen LogP contribution in [0.4, 0.5) is 18.9 Å². The molecule has 3 aliphatic rings. The number of anilines is 1. The van der Waals surface area contributed by atoms with E-state index in [0.717, 1.165) is 17.0 Å². The molecule has 2 bridgehead atoms. The Kier molecular flexibility index (Phi) is 3.38. The molecule has 0 radical (unpaired) electrons. The number of hydrogen-bond acceptors (Lipinski definition) is 5. The van der Waals surface area contributed by atoms with Crippen LogP contribution in [0.25, 0.3) is 0 Å². The van der Waals surface area contributed by atoms with Gasteiger partial charge in [-0.05, 0) is 32.0 Å². The molecule has 0 aromatic heterocycles. The van der Waals surface area contributed by atoms with E-state index in [4.69, 9.17) is 10.00 Å². The van der Waals surface area contributed by atoms with E-state index in [1.54, 1.807) is 13.8 Å². The summed E-state index contributed by atoms with van der Waals surface area (Å²) >= 11 is 0. The third kappa shape index (κ3) is 2.14. The van der Waals surface area contributed by atoms with Gasteiger partial charge in [0.15, 0.2) is 0 Å². The molecule has 0 aliphatic carbocycles. The molecule has 3 unspecified atom stereocenters. The van der Waals surface area contributed by atoms with Gasteiger partial charge in [0.05, 0.1) is 46.4 Å². The van der Waals surface area contributed by atoms with Crippen LogP contribution in [0.3, 0.4) is 0 Å². The molecule has 3 fully saturated rings. The van der Waals surface area contributed by atoms with Gasteiger partial charge < -0.3 is 9.84 Å². The predicted molar refractivity (Wildman–Crippen MR) is 84.2 cm³/mol. The number of alkyl halides is 3. The van der Waals surface area contributed by atoms with Crippen molar-refractivity contribution in [2.45, 2.75) is 43.8 Å². The largest absolute Gasteiger partial charge is 0.417 e. The number of hydrogen-bond donors (Lipinski definition) is 1. The predicted octanol–water partition coefficient (Wildman–Crippen LogP) is 1.99. The van der Waals surface area contributed by atoms with Crippen LogP contribution in [0, 0.1) is 23.2 Å². The second kappa shape index (κ2) is 5.09. The van der Waals surface area contributed by atoms with Crippen LogP contribution < -0.4 is 4.90 Å². The Morgan fingerprint density at radius 1 is 1.26 bits per heavy atom. The molecule has 3 saturated heterocycles. The molecule has 4 rings (SSSR count). The quantitative estimate of drug-likeness (QED) is 0.753. The fourth-order valence-corrected chi connectivity index (χ4v) is 4.78. The van der Waals surface area contributed by atoms with Crippen molar-refractivity contribution in [3.63, 3.8) is 0 Å². The van der Waals surface area contributed by atoms with Crippen molar-refractivity contribution in [1.82, 2.24) is 0 Å². The summed E-state index contributed by atoms with van der Waals surface area (Å²) in [6, 6.07) is 4.19. The highest BCUT2D eigenvalue weighted by Crippen LogP contribution is 2.61. The number of aliphatic hydroxyl groups excluding tert-OH is 1. The fourth-order valence-electron chi connectivity index (χ4n) is 4.78. The second-order valence-electron chi connectivity index (χ2n) is 7.63. The Hall–Kier alpha value is -2.44. The lowest BCUT2D eigenvalue weighted by molar-refractivity contribution is -0.138. The van der Waals surface area contributed by atoms with E-state index < -0.39 is 58.3 Å². The van der Waals surface area contributed by atoms with Crippen molar-refractivity contribution < 1.29 is 32.6 Å². The first-order valence-electron chi connectivity index (χ1n) is 8.31. The highest BCUT2D eigenvalue weighted by molar-refractivity contribution is 6.23. The molecule has 1 N–H and O–H groups in total. The zero-order valence-electron chi connectivity index (χ0n) is 14.4. The number of benzene rings is 1. The van der Waals surface area contributed by atoms with Gasteiger partial charge in [0.25, 0.3) is 0 Å². The SMILES string of the molecule is CC12C[C@H](O)C(C)(O1)C1C(=O)N(c3ccc(C#N)c(C(F)(F)F)c3)C(=O)[C@@H]12. The number of aliphatic hydroxyl groups is 1. The number of carbonyl (C=O) groups excluding carboxylic acids is 2. The highest BCUT2D eigenvalue weighted by atomic mass is 19.4. The average molecular weight is 380 g/mol. The Balaban J connectivity index is 1.81. The maximum absolute atomic E-state index is 13.2. The molecular weight excluding hydrogens is 365 g/mol. The number of fused-ring (bicyclic) bond motifs is 5.